The highest BCUT2D eigenvalue weighted by Crippen LogP contribution is 2.19. The third kappa shape index (κ3) is 5.99. The van der Waals surface area contributed by atoms with Gasteiger partial charge in [0.25, 0.3) is 0 Å². The van der Waals surface area contributed by atoms with Crippen LogP contribution in [-0.2, 0) is 16.1 Å². The zero-order valence-corrected chi connectivity index (χ0v) is 16.5. The third-order valence-corrected chi connectivity index (χ3v) is 5.18. The summed E-state index contributed by atoms with van der Waals surface area (Å²) in [6.07, 6.45) is 1.73. The fraction of sp³-hybridized carbons (Fsp3) is 0.364. The summed E-state index contributed by atoms with van der Waals surface area (Å²) in [6.45, 7) is 2.09. The number of carbonyl (C=O) groups excluding carboxylic acids is 2. The molecule has 0 bridgehead atoms. The van der Waals surface area contributed by atoms with E-state index in [1.165, 1.54) is 0 Å². The minimum absolute atomic E-state index is 0.0445. The average Bonchev–Trinajstić information content (AvgIpc) is 2.74. The number of carbonyl (C=O) groups is 2. The molecule has 1 aliphatic rings. The number of hydrogen-bond donors (Lipinski definition) is 1. The van der Waals surface area contributed by atoms with E-state index in [0.717, 1.165) is 11.3 Å². The Balaban J connectivity index is 1.35. The lowest BCUT2D eigenvalue weighted by Crippen LogP contribution is -2.43. The van der Waals surface area contributed by atoms with Crippen molar-refractivity contribution in [3.05, 3.63) is 65.2 Å². The van der Waals surface area contributed by atoms with Crippen LogP contribution in [0, 0.1) is 5.92 Å². The molecule has 28 heavy (non-hydrogen) atoms. The van der Waals surface area contributed by atoms with E-state index in [0.29, 0.717) is 50.5 Å². The summed E-state index contributed by atoms with van der Waals surface area (Å²) in [4.78, 5) is 26.6. The van der Waals surface area contributed by atoms with E-state index in [9.17, 15) is 9.59 Å². The van der Waals surface area contributed by atoms with Gasteiger partial charge in [0.1, 0.15) is 5.75 Å². The Kier molecular flexibility index (Phi) is 7.31. The predicted molar refractivity (Wildman–Crippen MR) is 109 cm³/mol. The van der Waals surface area contributed by atoms with Crippen molar-refractivity contribution >= 4 is 23.4 Å². The summed E-state index contributed by atoms with van der Waals surface area (Å²) in [5.41, 5.74) is 1.02. The second kappa shape index (κ2) is 10.1. The Bertz CT molecular complexity index is 772. The van der Waals surface area contributed by atoms with Gasteiger partial charge in [0, 0.05) is 30.6 Å². The number of para-hydroxylation sites is 1. The number of benzene rings is 2. The third-order valence-electron chi connectivity index (χ3n) is 4.93. The Morgan fingerprint density at radius 2 is 1.71 bits per heavy atom. The molecule has 1 N–H and O–H groups in total. The molecule has 148 valence electrons. The number of hydrogen-bond acceptors (Lipinski definition) is 3. The van der Waals surface area contributed by atoms with E-state index in [1.807, 2.05) is 59.5 Å². The number of piperidine rings is 1. The number of rotatable bonds is 7. The van der Waals surface area contributed by atoms with Crippen LogP contribution >= 0.6 is 11.6 Å². The molecule has 1 fully saturated rings. The molecule has 2 aromatic carbocycles. The van der Waals surface area contributed by atoms with Gasteiger partial charge < -0.3 is 15.0 Å². The van der Waals surface area contributed by atoms with Crippen molar-refractivity contribution in [2.45, 2.75) is 25.8 Å². The number of likely N-dealkylation sites (tertiary alicyclic amines) is 1. The van der Waals surface area contributed by atoms with Gasteiger partial charge in [-0.1, -0.05) is 41.9 Å². The van der Waals surface area contributed by atoms with Gasteiger partial charge in [-0.05, 0) is 42.7 Å². The fourth-order valence-electron chi connectivity index (χ4n) is 3.26. The van der Waals surface area contributed by atoms with Gasteiger partial charge in [0.2, 0.25) is 11.8 Å². The Morgan fingerprint density at radius 3 is 2.39 bits per heavy atom. The van der Waals surface area contributed by atoms with Crippen molar-refractivity contribution in [1.29, 1.82) is 0 Å². The lowest BCUT2D eigenvalue weighted by molar-refractivity contribution is -0.136. The van der Waals surface area contributed by atoms with Gasteiger partial charge in [-0.25, -0.2) is 0 Å². The highest BCUT2D eigenvalue weighted by Gasteiger charge is 2.27. The minimum Gasteiger partial charge on any atom is -0.493 e. The van der Waals surface area contributed by atoms with E-state index < -0.39 is 0 Å². The first kappa shape index (κ1) is 20.2. The molecule has 5 nitrogen and oxygen atoms in total. The summed E-state index contributed by atoms with van der Waals surface area (Å²) in [7, 11) is 0. The SMILES string of the molecule is O=C(NCc1ccc(Cl)cc1)C1CCN(C(=O)CCOc2ccccc2)CC1. The van der Waals surface area contributed by atoms with Gasteiger partial charge in [0.15, 0.2) is 0 Å². The average molecular weight is 401 g/mol. The summed E-state index contributed by atoms with van der Waals surface area (Å²) < 4.78 is 5.59. The maximum absolute atomic E-state index is 12.4. The standard InChI is InChI=1S/C22H25ClN2O3/c23-19-8-6-17(7-9-19)16-24-22(27)18-10-13-25(14-11-18)21(26)12-15-28-20-4-2-1-3-5-20/h1-9,18H,10-16H2,(H,24,27). The second-order valence-corrected chi connectivity index (χ2v) is 7.35. The number of nitrogens with zero attached hydrogens (tertiary/aromatic N) is 1. The quantitative estimate of drug-likeness (QED) is 0.771. The predicted octanol–water partition coefficient (Wildman–Crippen LogP) is 3.66. The normalized spacial score (nSPS) is 14.5. The van der Waals surface area contributed by atoms with Crippen molar-refractivity contribution in [2.75, 3.05) is 19.7 Å². The van der Waals surface area contributed by atoms with Crippen LogP contribution in [0.15, 0.2) is 54.6 Å². The van der Waals surface area contributed by atoms with E-state index in [-0.39, 0.29) is 17.7 Å². The summed E-state index contributed by atoms with van der Waals surface area (Å²) in [6, 6.07) is 16.9. The van der Waals surface area contributed by atoms with Crippen LogP contribution in [0.4, 0.5) is 0 Å². The van der Waals surface area contributed by atoms with Crippen LogP contribution < -0.4 is 10.1 Å². The molecule has 0 aromatic heterocycles. The minimum atomic E-state index is -0.0445. The van der Waals surface area contributed by atoms with Crippen LogP contribution in [0.1, 0.15) is 24.8 Å². The van der Waals surface area contributed by atoms with E-state index in [4.69, 9.17) is 16.3 Å². The monoisotopic (exact) mass is 400 g/mol. The first-order valence-electron chi connectivity index (χ1n) is 9.59. The fourth-order valence-corrected chi connectivity index (χ4v) is 3.38. The van der Waals surface area contributed by atoms with Gasteiger partial charge in [0.05, 0.1) is 13.0 Å². The van der Waals surface area contributed by atoms with E-state index in [1.54, 1.807) is 0 Å². The van der Waals surface area contributed by atoms with Crippen molar-refractivity contribution in [2.24, 2.45) is 5.92 Å². The topological polar surface area (TPSA) is 58.6 Å². The first-order chi connectivity index (χ1) is 13.6. The molecule has 6 heteroatoms. The number of nitrogens with one attached hydrogen (secondary N) is 1. The zero-order chi connectivity index (χ0) is 19.8. The van der Waals surface area contributed by atoms with E-state index >= 15 is 0 Å². The Morgan fingerprint density at radius 1 is 1.04 bits per heavy atom. The van der Waals surface area contributed by atoms with Crippen LogP contribution in [0.25, 0.3) is 0 Å². The number of halogens is 1. The summed E-state index contributed by atoms with van der Waals surface area (Å²) in [5.74, 6) is 0.855. The summed E-state index contributed by atoms with van der Waals surface area (Å²) in [5, 5.41) is 3.66. The largest absolute Gasteiger partial charge is 0.493 e. The van der Waals surface area contributed by atoms with Gasteiger partial charge in [-0.15, -0.1) is 0 Å². The number of amides is 2. The van der Waals surface area contributed by atoms with Crippen LogP contribution in [0.2, 0.25) is 5.02 Å². The van der Waals surface area contributed by atoms with Crippen molar-refractivity contribution in [3.8, 4) is 5.75 Å². The van der Waals surface area contributed by atoms with Crippen LogP contribution in [-0.4, -0.2) is 36.4 Å². The summed E-state index contributed by atoms with van der Waals surface area (Å²) >= 11 is 5.87. The molecule has 0 unspecified atom stereocenters. The lowest BCUT2D eigenvalue weighted by Gasteiger charge is -2.31. The highest BCUT2D eigenvalue weighted by molar-refractivity contribution is 6.30. The highest BCUT2D eigenvalue weighted by atomic mass is 35.5. The smallest absolute Gasteiger partial charge is 0.225 e. The van der Waals surface area contributed by atoms with Gasteiger partial charge in [-0.3, -0.25) is 9.59 Å². The molecular weight excluding hydrogens is 376 g/mol. The molecule has 3 rings (SSSR count). The molecule has 1 saturated heterocycles. The Labute approximate surface area is 170 Å². The van der Waals surface area contributed by atoms with Crippen molar-refractivity contribution < 1.29 is 14.3 Å². The van der Waals surface area contributed by atoms with Crippen molar-refractivity contribution in [1.82, 2.24) is 10.2 Å². The van der Waals surface area contributed by atoms with Gasteiger partial charge >= 0.3 is 0 Å². The maximum Gasteiger partial charge on any atom is 0.225 e. The molecule has 2 amide bonds. The molecular formula is C22H25ClN2O3. The first-order valence-corrected chi connectivity index (χ1v) is 9.97. The molecule has 0 radical (unpaired) electrons. The molecule has 1 aliphatic heterocycles. The van der Waals surface area contributed by atoms with Crippen LogP contribution in [0.3, 0.4) is 0 Å². The molecule has 1 heterocycles. The number of ether oxygens (including phenoxy) is 1. The second-order valence-electron chi connectivity index (χ2n) is 6.91. The zero-order valence-electron chi connectivity index (χ0n) is 15.8. The van der Waals surface area contributed by atoms with E-state index in [2.05, 4.69) is 5.32 Å². The van der Waals surface area contributed by atoms with Crippen molar-refractivity contribution in [3.63, 3.8) is 0 Å². The molecule has 0 aliphatic carbocycles. The van der Waals surface area contributed by atoms with Crippen LogP contribution in [0.5, 0.6) is 5.75 Å². The lowest BCUT2D eigenvalue weighted by atomic mass is 9.95. The molecule has 0 atom stereocenters. The molecule has 2 aromatic rings. The van der Waals surface area contributed by atoms with Gasteiger partial charge in [-0.2, -0.15) is 0 Å². The Hall–Kier alpha value is -2.53. The maximum atomic E-state index is 12.4. The molecule has 0 saturated carbocycles. The molecule has 0 spiro atoms.